The van der Waals surface area contributed by atoms with E-state index in [1.807, 2.05) is 27.2 Å². The molecule has 56 heavy (non-hydrogen) atoms. The Morgan fingerprint density at radius 1 is 0.661 bits per heavy atom. The van der Waals surface area contributed by atoms with E-state index >= 15 is 0 Å². The number of epoxide rings is 1. The zero-order valence-electron chi connectivity index (χ0n) is 36.3. The number of allylic oxidation sites excluding steroid dienone is 7. The lowest BCUT2D eigenvalue weighted by atomic mass is 10.1. The molecule has 1 aliphatic rings. The van der Waals surface area contributed by atoms with Crippen molar-refractivity contribution in [3.8, 4) is 0 Å². The normalized spacial score (nSPS) is 17.9. The number of hydrogen-bond donors (Lipinski definition) is 1. The van der Waals surface area contributed by atoms with Crippen LogP contribution in [-0.2, 0) is 32.6 Å². The first-order valence-corrected chi connectivity index (χ1v) is 23.7. The van der Waals surface area contributed by atoms with Gasteiger partial charge in [0.1, 0.15) is 19.8 Å². The van der Waals surface area contributed by atoms with E-state index in [0.29, 0.717) is 23.6 Å². The monoisotopic (exact) mass is 809 g/mol. The SMILES string of the molecule is CCCCC/C=C\C/C=C\CC1OC1C/C=C\CCCC(=O)OC[C@H](COP(=O)(O)OCC[N+](C)(C)C)O/C=C/CCCCCC/C=C\CCCCCCCC. The van der Waals surface area contributed by atoms with Gasteiger partial charge in [0.15, 0.2) is 6.10 Å². The molecule has 1 fully saturated rings. The molecule has 0 radical (unpaired) electrons. The lowest BCUT2D eigenvalue weighted by Crippen LogP contribution is -2.37. The zero-order chi connectivity index (χ0) is 41.0. The molecule has 0 spiro atoms. The number of likely N-dealkylation sites (N-methyl/N-ethyl adjacent to an activating group) is 1. The number of esters is 1. The summed E-state index contributed by atoms with van der Waals surface area (Å²) in [4.78, 5) is 22.7. The molecule has 1 saturated heterocycles. The number of carbonyl (C=O) groups is 1. The zero-order valence-corrected chi connectivity index (χ0v) is 37.2. The molecule has 324 valence electrons. The fourth-order valence-corrected chi connectivity index (χ4v) is 6.60. The van der Waals surface area contributed by atoms with Gasteiger partial charge in [-0.1, -0.05) is 120 Å². The van der Waals surface area contributed by atoms with Gasteiger partial charge < -0.3 is 23.6 Å². The Hall–Kier alpha value is -2.00. The first-order valence-electron chi connectivity index (χ1n) is 22.2. The summed E-state index contributed by atoms with van der Waals surface area (Å²) < 4.78 is 40.5. The van der Waals surface area contributed by atoms with E-state index in [2.05, 4.69) is 62.5 Å². The highest BCUT2D eigenvalue weighted by atomic mass is 31.2. The number of carbonyl (C=O) groups excluding carboxylic acids is 1. The number of hydrogen-bond acceptors (Lipinski definition) is 7. The molecular formula is C46H83NO8P+. The van der Waals surface area contributed by atoms with E-state index in [0.717, 1.165) is 51.4 Å². The number of quaternary nitrogens is 1. The van der Waals surface area contributed by atoms with Crippen LogP contribution in [0.1, 0.15) is 162 Å². The van der Waals surface area contributed by atoms with E-state index in [9.17, 15) is 14.3 Å². The molecule has 0 aromatic carbocycles. The van der Waals surface area contributed by atoms with Crippen LogP contribution in [0.5, 0.6) is 0 Å². The van der Waals surface area contributed by atoms with Crippen LogP contribution in [0.15, 0.2) is 60.9 Å². The van der Waals surface area contributed by atoms with Gasteiger partial charge in [0.05, 0.1) is 46.2 Å². The van der Waals surface area contributed by atoms with Crippen molar-refractivity contribution in [2.45, 2.75) is 180 Å². The third kappa shape index (κ3) is 35.2. The fourth-order valence-electron chi connectivity index (χ4n) is 5.86. The van der Waals surface area contributed by atoms with Crippen LogP contribution < -0.4 is 0 Å². The second-order valence-corrected chi connectivity index (χ2v) is 17.6. The molecular weight excluding hydrogens is 725 g/mol. The standard InChI is InChI=1S/C46H82NO8P/c1-6-8-10-12-14-16-17-18-19-20-21-22-24-26-30-34-39-51-43(42-54-56(49,50)53-40-38-47(3,4)5)41-52-46(48)37-33-29-28-32-36-45-44(55-45)35-31-27-25-23-15-13-11-9-7-2/h15,18-19,23,27-28,31-32,34,39,43-45H,6-14,16-17,20-22,24-26,29-30,33,35-38,40-42H2,1-5H3/p+1/b19-18-,23-15-,31-27-,32-28-,39-34+/t43-,44?,45?/m1/s1. The molecule has 1 N–H and O–H groups in total. The van der Waals surface area contributed by atoms with Crippen molar-refractivity contribution in [3.63, 3.8) is 0 Å². The van der Waals surface area contributed by atoms with Gasteiger partial charge in [-0.15, -0.1) is 0 Å². The Labute approximate surface area is 343 Å². The van der Waals surface area contributed by atoms with Crippen molar-refractivity contribution >= 4 is 13.8 Å². The molecule has 0 aliphatic carbocycles. The molecule has 4 atom stereocenters. The third-order valence-corrected chi connectivity index (χ3v) is 10.5. The van der Waals surface area contributed by atoms with Crippen LogP contribution in [0.25, 0.3) is 0 Å². The number of ether oxygens (including phenoxy) is 3. The first kappa shape index (κ1) is 52.0. The molecule has 9 nitrogen and oxygen atoms in total. The highest BCUT2D eigenvalue weighted by Crippen LogP contribution is 2.43. The molecule has 1 rings (SSSR count). The van der Waals surface area contributed by atoms with Gasteiger partial charge in [-0.05, 0) is 89.5 Å². The van der Waals surface area contributed by atoms with Crippen LogP contribution in [0.3, 0.4) is 0 Å². The molecule has 0 aromatic heterocycles. The average Bonchev–Trinajstić information content (AvgIpc) is 3.91. The Kier molecular flexibility index (Phi) is 32.5. The second kappa shape index (κ2) is 35.0. The van der Waals surface area contributed by atoms with Crippen molar-refractivity contribution in [3.05, 3.63) is 60.9 Å². The van der Waals surface area contributed by atoms with Crippen molar-refractivity contribution in [1.29, 1.82) is 0 Å². The molecule has 3 unspecified atom stereocenters. The Balaban J connectivity index is 2.31. The minimum Gasteiger partial charge on any atom is -0.492 e. The van der Waals surface area contributed by atoms with Gasteiger partial charge in [-0.3, -0.25) is 13.8 Å². The van der Waals surface area contributed by atoms with Crippen LogP contribution in [0.4, 0.5) is 0 Å². The Bertz CT molecular complexity index is 1140. The summed E-state index contributed by atoms with van der Waals surface area (Å²) >= 11 is 0. The smallest absolute Gasteiger partial charge is 0.472 e. The largest absolute Gasteiger partial charge is 0.492 e. The van der Waals surface area contributed by atoms with Crippen molar-refractivity contribution < 1.29 is 42.0 Å². The minimum atomic E-state index is -4.29. The van der Waals surface area contributed by atoms with Gasteiger partial charge in [0.25, 0.3) is 0 Å². The molecule has 0 amide bonds. The third-order valence-electron chi connectivity index (χ3n) is 9.54. The van der Waals surface area contributed by atoms with E-state index in [1.165, 1.54) is 83.5 Å². The van der Waals surface area contributed by atoms with E-state index in [1.54, 1.807) is 6.26 Å². The summed E-state index contributed by atoms with van der Waals surface area (Å²) in [5, 5.41) is 0. The summed E-state index contributed by atoms with van der Waals surface area (Å²) in [5.41, 5.74) is 0. The highest BCUT2D eigenvalue weighted by molar-refractivity contribution is 7.47. The van der Waals surface area contributed by atoms with E-state index in [4.69, 9.17) is 23.3 Å². The number of phosphoric acid groups is 1. The Morgan fingerprint density at radius 2 is 1.16 bits per heavy atom. The fraction of sp³-hybridized carbons (Fsp3) is 0.761. The number of nitrogens with zero attached hydrogens (tertiary/aromatic N) is 1. The lowest BCUT2D eigenvalue weighted by Gasteiger charge is -2.24. The predicted octanol–water partition coefficient (Wildman–Crippen LogP) is 12.3. The maximum absolute atomic E-state index is 12.5. The molecule has 0 saturated carbocycles. The van der Waals surface area contributed by atoms with Gasteiger partial charge in [0.2, 0.25) is 0 Å². The maximum atomic E-state index is 12.5. The van der Waals surface area contributed by atoms with Gasteiger partial charge >= 0.3 is 13.8 Å². The topological polar surface area (TPSA) is 104 Å². The average molecular weight is 809 g/mol. The number of unbranched alkanes of at least 4 members (excludes halogenated alkanes) is 15. The Morgan fingerprint density at radius 3 is 1.80 bits per heavy atom. The predicted molar refractivity (Wildman–Crippen MR) is 232 cm³/mol. The van der Waals surface area contributed by atoms with Crippen LogP contribution in [0, 0.1) is 0 Å². The van der Waals surface area contributed by atoms with Crippen molar-refractivity contribution in [2.24, 2.45) is 0 Å². The molecule has 10 heteroatoms. The molecule has 0 aromatic rings. The number of phosphoric ester groups is 1. The summed E-state index contributed by atoms with van der Waals surface area (Å²) in [6.45, 7) is 4.77. The van der Waals surface area contributed by atoms with Crippen LogP contribution in [0.2, 0.25) is 0 Å². The van der Waals surface area contributed by atoms with Crippen LogP contribution >= 0.6 is 7.82 Å². The molecule has 1 heterocycles. The quantitative estimate of drug-likeness (QED) is 0.0125. The summed E-state index contributed by atoms with van der Waals surface area (Å²) in [5.74, 6) is -0.340. The van der Waals surface area contributed by atoms with E-state index < -0.39 is 13.9 Å². The minimum absolute atomic E-state index is 0.0740. The van der Waals surface area contributed by atoms with Gasteiger partial charge in [0, 0.05) is 6.42 Å². The van der Waals surface area contributed by atoms with E-state index in [-0.39, 0.29) is 38.3 Å². The van der Waals surface area contributed by atoms with Gasteiger partial charge in [-0.2, -0.15) is 0 Å². The number of rotatable bonds is 39. The molecule has 1 aliphatic heterocycles. The summed E-state index contributed by atoms with van der Waals surface area (Å²) in [7, 11) is 1.62. The molecule has 0 bridgehead atoms. The second-order valence-electron chi connectivity index (χ2n) is 16.2. The summed E-state index contributed by atoms with van der Waals surface area (Å²) in [6.07, 6.45) is 46.7. The van der Waals surface area contributed by atoms with Crippen molar-refractivity contribution in [2.75, 3.05) is 47.5 Å². The lowest BCUT2D eigenvalue weighted by molar-refractivity contribution is -0.870. The first-order chi connectivity index (χ1) is 27.1. The maximum Gasteiger partial charge on any atom is 0.472 e. The highest BCUT2D eigenvalue weighted by Gasteiger charge is 2.36. The summed E-state index contributed by atoms with van der Waals surface area (Å²) in [6, 6.07) is 0. The van der Waals surface area contributed by atoms with Crippen molar-refractivity contribution in [1.82, 2.24) is 0 Å². The van der Waals surface area contributed by atoms with Gasteiger partial charge in [-0.25, -0.2) is 4.57 Å². The van der Waals surface area contributed by atoms with Crippen LogP contribution in [-0.4, -0.2) is 81.2 Å².